The van der Waals surface area contributed by atoms with Crippen LogP contribution >= 0.6 is 11.6 Å². The molecule has 0 spiro atoms. The number of halogens is 4. The number of alkyl halides is 3. The number of nitrogens with zero attached hydrogens (tertiary/aromatic N) is 3. The summed E-state index contributed by atoms with van der Waals surface area (Å²) in [5.41, 5.74) is -0.0467. The van der Waals surface area contributed by atoms with Gasteiger partial charge in [0.25, 0.3) is 0 Å². The molecule has 0 aliphatic heterocycles. The number of hydrogen-bond acceptors (Lipinski definition) is 4. The van der Waals surface area contributed by atoms with E-state index in [1.54, 1.807) is 42.5 Å². The van der Waals surface area contributed by atoms with Gasteiger partial charge in [-0.25, -0.2) is 9.67 Å². The van der Waals surface area contributed by atoms with Gasteiger partial charge in [0.2, 0.25) is 0 Å². The molecular weight excluding hydrogens is 419 g/mol. The number of phenols is 2. The molecule has 1 heterocycles. The third-order valence-electron chi connectivity index (χ3n) is 4.39. The van der Waals surface area contributed by atoms with Crippen LogP contribution in [-0.4, -0.2) is 25.0 Å². The first-order valence-corrected chi connectivity index (χ1v) is 9.04. The quantitative estimate of drug-likeness (QED) is 0.437. The van der Waals surface area contributed by atoms with Crippen molar-refractivity contribution < 1.29 is 23.4 Å². The average Bonchev–Trinajstić information content (AvgIpc) is 3.13. The molecule has 0 aliphatic carbocycles. The second-order valence-corrected chi connectivity index (χ2v) is 6.83. The van der Waals surface area contributed by atoms with Gasteiger partial charge in [0, 0.05) is 5.02 Å². The minimum Gasteiger partial charge on any atom is -0.507 e. The molecule has 152 valence electrons. The van der Waals surface area contributed by atoms with E-state index in [1.807, 2.05) is 0 Å². The zero-order valence-electron chi connectivity index (χ0n) is 15.1. The number of hydrogen-bond donors (Lipinski definition) is 2. The lowest BCUT2D eigenvalue weighted by Gasteiger charge is -2.08. The SMILES string of the molecule is Oc1cc(C(F)(F)F)ccc1-c1nc(-c2ccccc2O)n(-c2ccc(Cl)cc2)n1. The summed E-state index contributed by atoms with van der Waals surface area (Å²) in [6.07, 6.45) is -4.59. The van der Waals surface area contributed by atoms with Crippen LogP contribution in [0.2, 0.25) is 5.02 Å². The van der Waals surface area contributed by atoms with Gasteiger partial charge >= 0.3 is 6.18 Å². The maximum absolute atomic E-state index is 12.9. The smallest absolute Gasteiger partial charge is 0.416 e. The van der Waals surface area contributed by atoms with Crippen molar-refractivity contribution >= 4 is 11.6 Å². The summed E-state index contributed by atoms with van der Waals surface area (Å²) in [4.78, 5) is 4.38. The molecule has 0 radical (unpaired) electrons. The Hall–Kier alpha value is -3.52. The largest absolute Gasteiger partial charge is 0.507 e. The molecule has 4 rings (SSSR count). The molecule has 5 nitrogen and oxygen atoms in total. The Morgan fingerprint density at radius 2 is 1.53 bits per heavy atom. The zero-order chi connectivity index (χ0) is 21.5. The van der Waals surface area contributed by atoms with Crippen LogP contribution in [0.1, 0.15) is 5.56 Å². The molecule has 0 amide bonds. The number of para-hydroxylation sites is 1. The van der Waals surface area contributed by atoms with Crippen LogP contribution in [0.4, 0.5) is 13.2 Å². The van der Waals surface area contributed by atoms with Gasteiger partial charge in [-0.1, -0.05) is 23.7 Å². The van der Waals surface area contributed by atoms with Gasteiger partial charge in [-0.3, -0.25) is 0 Å². The van der Waals surface area contributed by atoms with Crippen molar-refractivity contribution in [3.8, 4) is 40.0 Å². The van der Waals surface area contributed by atoms with Crippen molar-refractivity contribution in [2.45, 2.75) is 6.18 Å². The predicted molar refractivity (Wildman–Crippen MR) is 106 cm³/mol. The van der Waals surface area contributed by atoms with Crippen molar-refractivity contribution in [3.63, 3.8) is 0 Å². The van der Waals surface area contributed by atoms with Crippen LogP contribution in [0.5, 0.6) is 11.5 Å². The molecule has 0 aliphatic rings. The molecule has 3 aromatic carbocycles. The molecule has 0 unspecified atom stereocenters. The van der Waals surface area contributed by atoms with Gasteiger partial charge in [0.1, 0.15) is 11.5 Å². The summed E-state index contributed by atoms with van der Waals surface area (Å²) in [5.74, 6) is -0.427. The third-order valence-corrected chi connectivity index (χ3v) is 4.64. The van der Waals surface area contributed by atoms with E-state index in [-0.39, 0.29) is 23.0 Å². The van der Waals surface area contributed by atoms with Crippen LogP contribution < -0.4 is 0 Å². The number of rotatable bonds is 3. The summed E-state index contributed by atoms with van der Waals surface area (Å²) in [6, 6.07) is 15.7. The van der Waals surface area contributed by atoms with Crippen LogP contribution in [0.3, 0.4) is 0 Å². The van der Waals surface area contributed by atoms with Gasteiger partial charge < -0.3 is 10.2 Å². The van der Waals surface area contributed by atoms with Gasteiger partial charge in [-0.15, -0.1) is 5.10 Å². The minimum atomic E-state index is -4.59. The molecular formula is C21H13ClF3N3O2. The van der Waals surface area contributed by atoms with Crippen molar-refractivity contribution in [2.24, 2.45) is 0 Å². The Labute approximate surface area is 173 Å². The first-order valence-electron chi connectivity index (χ1n) is 8.66. The van der Waals surface area contributed by atoms with Crippen molar-refractivity contribution in [1.29, 1.82) is 0 Å². The van der Waals surface area contributed by atoms with E-state index in [2.05, 4.69) is 10.1 Å². The lowest BCUT2D eigenvalue weighted by molar-refractivity contribution is -0.137. The molecule has 1 aromatic heterocycles. The Morgan fingerprint density at radius 3 is 2.17 bits per heavy atom. The first-order chi connectivity index (χ1) is 14.2. The van der Waals surface area contributed by atoms with Crippen LogP contribution in [0.25, 0.3) is 28.5 Å². The minimum absolute atomic E-state index is 0.00516. The fourth-order valence-corrected chi connectivity index (χ4v) is 3.05. The first kappa shape index (κ1) is 19.8. The van der Waals surface area contributed by atoms with Crippen molar-refractivity contribution in [3.05, 3.63) is 77.3 Å². The second-order valence-electron chi connectivity index (χ2n) is 6.39. The second kappa shape index (κ2) is 7.38. The number of phenolic OH excluding ortho intramolecular Hbond substituents is 2. The molecule has 0 saturated heterocycles. The van der Waals surface area contributed by atoms with E-state index >= 15 is 0 Å². The average molecular weight is 432 g/mol. The number of aromatic hydroxyl groups is 2. The van der Waals surface area contributed by atoms with E-state index < -0.39 is 17.5 Å². The maximum Gasteiger partial charge on any atom is 0.416 e. The highest BCUT2D eigenvalue weighted by Gasteiger charge is 2.31. The molecule has 9 heteroatoms. The van der Waals surface area contributed by atoms with Crippen LogP contribution in [-0.2, 0) is 6.18 Å². The molecule has 0 bridgehead atoms. The highest BCUT2D eigenvalue weighted by Crippen LogP contribution is 2.37. The lowest BCUT2D eigenvalue weighted by Crippen LogP contribution is -2.04. The van der Waals surface area contributed by atoms with E-state index in [0.717, 1.165) is 12.1 Å². The van der Waals surface area contributed by atoms with E-state index in [9.17, 15) is 23.4 Å². The molecule has 30 heavy (non-hydrogen) atoms. The van der Waals surface area contributed by atoms with Gasteiger partial charge in [0.05, 0.1) is 22.4 Å². The summed E-state index contributed by atoms with van der Waals surface area (Å²) in [5, 5.41) is 25.3. The molecule has 0 fully saturated rings. The molecule has 0 saturated carbocycles. The standard InChI is InChI=1S/C21H13ClF3N3O2/c22-13-6-8-14(9-7-13)28-20(16-3-1-2-4-17(16)29)26-19(27-28)15-10-5-12(11-18(15)30)21(23,24)25/h1-11,29-30H. The Balaban J connectivity index is 1.90. The molecule has 2 N–H and O–H groups in total. The summed E-state index contributed by atoms with van der Waals surface area (Å²) in [7, 11) is 0. The molecule has 4 aromatic rings. The summed E-state index contributed by atoms with van der Waals surface area (Å²) in [6.45, 7) is 0. The monoisotopic (exact) mass is 431 g/mol. The summed E-state index contributed by atoms with van der Waals surface area (Å²) < 4.78 is 40.1. The fourth-order valence-electron chi connectivity index (χ4n) is 2.92. The van der Waals surface area contributed by atoms with Crippen LogP contribution in [0, 0.1) is 0 Å². The van der Waals surface area contributed by atoms with Crippen molar-refractivity contribution in [2.75, 3.05) is 0 Å². The topological polar surface area (TPSA) is 71.2 Å². The summed E-state index contributed by atoms with van der Waals surface area (Å²) >= 11 is 5.94. The van der Waals surface area contributed by atoms with E-state index in [4.69, 9.17) is 11.6 Å². The number of benzene rings is 3. The van der Waals surface area contributed by atoms with Gasteiger partial charge in [0.15, 0.2) is 11.6 Å². The highest BCUT2D eigenvalue weighted by molar-refractivity contribution is 6.30. The number of aromatic nitrogens is 3. The van der Waals surface area contributed by atoms with Gasteiger partial charge in [-0.2, -0.15) is 13.2 Å². The van der Waals surface area contributed by atoms with E-state index in [1.165, 1.54) is 10.7 Å². The van der Waals surface area contributed by atoms with E-state index in [0.29, 0.717) is 22.3 Å². The zero-order valence-corrected chi connectivity index (χ0v) is 15.9. The van der Waals surface area contributed by atoms with Gasteiger partial charge in [-0.05, 0) is 54.6 Å². The van der Waals surface area contributed by atoms with Crippen molar-refractivity contribution in [1.82, 2.24) is 14.8 Å². The highest BCUT2D eigenvalue weighted by atomic mass is 35.5. The third kappa shape index (κ3) is 3.69. The molecule has 0 atom stereocenters. The maximum atomic E-state index is 12.9. The fraction of sp³-hybridized carbons (Fsp3) is 0.0476. The Kier molecular flexibility index (Phi) is 4.87. The lowest BCUT2D eigenvalue weighted by atomic mass is 10.1. The van der Waals surface area contributed by atoms with Crippen LogP contribution in [0.15, 0.2) is 66.7 Å². The predicted octanol–water partition coefficient (Wildman–Crippen LogP) is 5.68. The normalized spacial score (nSPS) is 11.6. The Bertz CT molecular complexity index is 1220. The Morgan fingerprint density at radius 1 is 0.833 bits per heavy atom.